The molecule has 36 heavy (non-hydrogen) atoms. The van der Waals surface area contributed by atoms with Gasteiger partial charge in [-0.3, -0.25) is 4.79 Å². The number of hydrogen-bond donors (Lipinski definition) is 1. The summed E-state index contributed by atoms with van der Waals surface area (Å²) in [6.45, 7) is 9.91. The molecule has 0 radical (unpaired) electrons. The molecule has 1 aromatic heterocycles. The monoisotopic (exact) mass is 496 g/mol. The Labute approximate surface area is 214 Å². The van der Waals surface area contributed by atoms with Crippen LogP contribution in [-0.4, -0.2) is 42.2 Å². The standard InChI is InChI=1S/C29H40N2O5/c1-5-31(28(33)36-29(2,3)4)18-6-7-19-34-25-16-14-23(15-17-25)22-10-12-24(13-11-22)27(32)30-21-26-9-8-20-35-26/h8-10,14-17,20,24H,5-7,11-13,18-19,21H2,1-4H3,(H,30,32). The number of nitrogens with one attached hydrogen (secondary N) is 1. The van der Waals surface area contributed by atoms with Crippen LogP contribution in [0.4, 0.5) is 4.79 Å². The minimum atomic E-state index is -0.482. The van der Waals surface area contributed by atoms with Crippen molar-refractivity contribution in [2.45, 2.75) is 71.9 Å². The van der Waals surface area contributed by atoms with E-state index >= 15 is 0 Å². The SMILES string of the molecule is CCN(CCCCOc1ccc(C2=CCC(C(=O)NCc3ccco3)CC2)cc1)C(=O)OC(C)(C)C. The maximum Gasteiger partial charge on any atom is 0.410 e. The normalized spacial score (nSPS) is 15.7. The first kappa shape index (κ1) is 27.4. The van der Waals surface area contributed by atoms with E-state index in [1.54, 1.807) is 11.2 Å². The number of allylic oxidation sites excluding steroid dienone is 2. The van der Waals surface area contributed by atoms with E-state index in [4.69, 9.17) is 13.9 Å². The van der Waals surface area contributed by atoms with Crippen LogP contribution in [0.5, 0.6) is 5.75 Å². The number of furan rings is 1. The van der Waals surface area contributed by atoms with Gasteiger partial charge in [0.05, 0.1) is 19.4 Å². The molecule has 1 unspecified atom stereocenters. The first-order valence-corrected chi connectivity index (χ1v) is 13.0. The third kappa shape index (κ3) is 8.77. The first-order valence-electron chi connectivity index (χ1n) is 13.0. The lowest BCUT2D eigenvalue weighted by molar-refractivity contribution is -0.125. The van der Waals surface area contributed by atoms with Gasteiger partial charge in [0.1, 0.15) is 17.1 Å². The van der Waals surface area contributed by atoms with Gasteiger partial charge in [0.2, 0.25) is 5.91 Å². The highest BCUT2D eigenvalue weighted by atomic mass is 16.6. The Morgan fingerprint density at radius 2 is 1.92 bits per heavy atom. The van der Waals surface area contributed by atoms with Crippen LogP contribution in [-0.2, 0) is 16.1 Å². The fourth-order valence-corrected chi connectivity index (χ4v) is 4.13. The second kappa shape index (κ2) is 13.2. The predicted octanol–water partition coefficient (Wildman–Crippen LogP) is 6.20. The molecule has 1 atom stereocenters. The highest BCUT2D eigenvalue weighted by molar-refractivity contribution is 5.80. The molecular formula is C29H40N2O5. The topological polar surface area (TPSA) is 81.0 Å². The van der Waals surface area contributed by atoms with Gasteiger partial charge in [0, 0.05) is 19.0 Å². The average Bonchev–Trinajstić information content (AvgIpc) is 3.38. The smallest absolute Gasteiger partial charge is 0.410 e. The Morgan fingerprint density at radius 1 is 1.14 bits per heavy atom. The molecule has 0 spiro atoms. The highest BCUT2D eigenvalue weighted by Gasteiger charge is 2.22. The third-order valence-electron chi connectivity index (χ3n) is 6.15. The zero-order valence-corrected chi connectivity index (χ0v) is 22.0. The number of carbonyl (C=O) groups excluding carboxylic acids is 2. The summed E-state index contributed by atoms with van der Waals surface area (Å²) in [5.41, 5.74) is 1.97. The molecule has 7 nitrogen and oxygen atoms in total. The summed E-state index contributed by atoms with van der Waals surface area (Å²) in [5.74, 6) is 1.69. The van der Waals surface area contributed by atoms with Crippen molar-refractivity contribution in [2.24, 2.45) is 5.92 Å². The van der Waals surface area contributed by atoms with Crippen LogP contribution in [0.1, 0.15) is 71.1 Å². The Balaban J connectivity index is 1.36. The molecule has 3 rings (SSSR count). The number of hydrogen-bond acceptors (Lipinski definition) is 5. The van der Waals surface area contributed by atoms with Crippen molar-refractivity contribution in [3.63, 3.8) is 0 Å². The summed E-state index contributed by atoms with van der Waals surface area (Å²) in [5, 5.41) is 2.96. The molecule has 2 amide bonds. The summed E-state index contributed by atoms with van der Waals surface area (Å²) in [6.07, 6.45) is 7.71. The fraction of sp³-hybridized carbons (Fsp3) is 0.517. The van der Waals surface area contributed by atoms with E-state index in [-0.39, 0.29) is 17.9 Å². The van der Waals surface area contributed by atoms with Crippen molar-refractivity contribution in [2.75, 3.05) is 19.7 Å². The van der Waals surface area contributed by atoms with E-state index in [9.17, 15) is 9.59 Å². The van der Waals surface area contributed by atoms with Crippen molar-refractivity contribution in [1.29, 1.82) is 0 Å². The van der Waals surface area contributed by atoms with Crippen LogP contribution in [0.25, 0.3) is 5.57 Å². The lowest BCUT2D eigenvalue weighted by Gasteiger charge is -2.26. The predicted molar refractivity (Wildman–Crippen MR) is 141 cm³/mol. The van der Waals surface area contributed by atoms with E-state index < -0.39 is 5.60 Å². The van der Waals surface area contributed by atoms with Gasteiger partial charge < -0.3 is 24.1 Å². The van der Waals surface area contributed by atoms with Crippen molar-refractivity contribution >= 4 is 17.6 Å². The van der Waals surface area contributed by atoms with Crippen molar-refractivity contribution in [3.8, 4) is 5.75 Å². The lowest BCUT2D eigenvalue weighted by Crippen LogP contribution is -2.37. The number of unbranched alkanes of at least 4 members (excludes halogenated alkanes) is 1. The zero-order chi connectivity index (χ0) is 26.0. The van der Waals surface area contributed by atoms with Crippen LogP contribution < -0.4 is 10.1 Å². The van der Waals surface area contributed by atoms with Crippen LogP contribution in [0.15, 0.2) is 53.2 Å². The summed E-state index contributed by atoms with van der Waals surface area (Å²) in [6, 6.07) is 11.8. The summed E-state index contributed by atoms with van der Waals surface area (Å²) < 4.78 is 16.6. The fourth-order valence-electron chi connectivity index (χ4n) is 4.13. The van der Waals surface area contributed by atoms with Gasteiger partial charge in [0.15, 0.2) is 0 Å². The molecule has 196 valence electrons. The Bertz CT molecular complexity index is 990. The molecule has 0 saturated carbocycles. The van der Waals surface area contributed by atoms with Gasteiger partial charge in [0.25, 0.3) is 0 Å². The molecule has 0 bridgehead atoms. The minimum absolute atomic E-state index is 0.00488. The molecule has 1 aromatic carbocycles. The van der Waals surface area contributed by atoms with Crippen LogP contribution in [0, 0.1) is 5.92 Å². The molecule has 1 heterocycles. The number of nitrogens with zero attached hydrogens (tertiary/aromatic N) is 1. The average molecular weight is 497 g/mol. The van der Waals surface area contributed by atoms with Gasteiger partial charge in [-0.05, 0) is 95.2 Å². The van der Waals surface area contributed by atoms with Crippen molar-refractivity contribution in [3.05, 3.63) is 60.1 Å². The van der Waals surface area contributed by atoms with Crippen LogP contribution in [0.3, 0.4) is 0 Å². The minimum Gasteiger partial charge on any atom is -0.494 e. The summed E-state index contributed by atoms with van der Waals surface area (Å²) >= 11 is 0. The number of amides is 2. The van der Waals surface area contributed by atoms with E-state index in [0.717, 1.165) is 43.6 Å². The van der Waals surface area contributed by atoms with Crippen molar-refractivity contribution in [1.82, 2.24) is 10.2 Å². The molecular weight excluding hydrogens is 456 g/mol. The maximum atomic E-state index is 12.4. The van der Waals surface area contributed by atoms with E-state index in [1.807, 2.05) is 52.0 Å². The maximum absolute atomic E-state index is 12.4. The quantitative estimate of drug-likeness (QED) is 0.375. The summed E-state index contributed by atoms with van der Waals surface area (Å²) in [4.78, 5) is 26.4. The Morgan fingerprint density at radius 3 is 2.53 bits per heavy atom. The van der Waals surface area contributed by atoms with Crippen LogP contribution >= 0.6 is 0 Å². The molecule has 0 fully saturated rings. The molecule has 1 N–H and O–H groups in total. The van der Waals surface area contributed by atoms with Crippen molar-refractivity contribution < 1.29 is 23.5 Å². The highest BCUT2D eigenvalue weighted by Crippen LogP contribution is 2.31. The Kier molecular flexibility index (Phi) is 10.0. The molecule has 1 aliphatic rings. The lowest BCUT2D eigenvalue weighted by atomic mass is 9.86. The largest absolute Gasteiger partial charge is 0.494 e. The van der Waals surface area contributed by atoms with Crippen LogP contribution in [0.2, 0.25) is 0 Å². The number of ether oxygens (including phenoxy) is 2. The number of benzene rings is 1. The van der Waals surface area contributed by atoms with Gasteiger partial charge in [-0.15, -0.1) is 0 Å². The van der Waals surface area contributed by atoms with E-state index in [2.05, 4.69) is 23.5 Å². The molecule has 2 aromatic rings. The number of carbonyl (C=O) groups is 2. The molecule has 1 aliphatic carbocycles. The molecule has 7 heteroatoms. The second-order valence-electron chi connectivity index (χ2n) is 10.1. The van der Waals surface area contributed by atoms with Gasteiger partial charge in [-0.25, -0.2) is 4.79 Å². The third-order valence-corrected chi connectivity index (χ3v) is 6.15. The molecule has 0 saturated heterocycles. The van der Waals surface area contributed by atoms with E-state index in [0.29, 0.717) is 26.2 Å². The van der Waals surface area contributed by atoms with Gasteiger partial charge in [-0.1, -0.05) is 18.2 Å². The zero-order valence-electron chi connectivity index (χ0n) is 22.0. The van der Waals surface area contributed by atoms with Gasteiger partial charge >= 0.3 is 6.09 Å². The second-order valence-corrected chi connectivity index (χ2v) is 10.1. The van der Waals surface area contributed by atoms with Gasteiger partial charge in [-0.2, -0.15) is 0 Å². The summed E-state index contributed by atoms with van der Waals surface area (Å²) in [7, 11) is 0. The Hall–Kier alpha value is -3.22. The molecule has 0 aliphatic heterocycles. The first-order chi connectivity index (χ1) is 17.2. The van der Waals surface area contributed by atoms with E-state index in [1.165, 1.54) is 11.1 Å². The number of rotatable bonds is 11.